The highest BCUT2D eigenvalue weighted by Gasteiger charge is 2.21. The van der Waals surface area contributed by atoms with E-state index in [2.05, 4.69) is 0 Å². The third-order valence-electron chi connectivity index (χ3n) is 4.16. The Kier molecular flexibility index (Phi) is 5.78. The summed E-state index contributed by atoms with van der Waals surface area (Å²) < 4.78 is 5.51. The molecule has 0 radical (unpaired) electrons. The minimum atomic E-state index is -0.0254. The predicted octanol–water partition coefficient (Wildman–Crippen LogP) is 3.06. The number of carbonyl (C=O) groups excluding carboxylic acids is 2. The van der Waals surface area contributed by atoms with Crippen LogP contribution in [0.5, 0.6) is 5.75 Å². The number of nitrogens with zero attached hydrogens (tertiary/aromatic N) is 1. The van der Waals surface area contributed by atoms with E-state index in [1.54, 1.807) is 24.3 Å². The fourth-order valence-corrected chi connectivity index (χ4v) is 2.80. The number of amides is 1. The van der Waals surface area contributed by atoms with E-state index in [4.69, 9.17) is 4.74 Å². The van der Waals surface area contributed by atoms with E-state index in [1.165, 1.54) is 25.7 Å². The lowest BCUT2D eigenvalue weighted by Gasteiger charge is -2.27. The Balaban J connectivity index is 1.89. The fraction of sp³-hybridized carbons (Fsp3) is 0.529. The number of hydrogen-bond acceptors (Lipinski definition) is 3. The predicted molar refractivity (Wildman–Crippen MR) is 81.6 cm³/mol. The summed E-state index contributed by atoms with van der Waals surface area (Å²) in [5.74, 6) is 0.442. The van der Waals surface area contributed by atoms with E-state index in [-0.39, 0.29) is 12.5 Å². The lowest BCUT2D eigenvalue weighted by molar-refractivity contribution is -0.134. The van der Waals surface area contributed by atoms with Gasteiger partial charge < -0.3 is 9.64 Å². The van der Waals surface area contributed by atoms with Crippen LogP contribution in [0.2, 0.25) is 0 Å². The van der Waals surface area contributed by atoms with Crippen LogP contribution in [0, 0.1) is 0 Å². The van der Waals surface area contributed by atoms with Gasteiger partial charge in [0.05, 0.1) is 5.56 Å². The second kappa shape index (κ2) is 7.81. The number of aldehydes is 1. The molecule has 1 amide bonds. The Morgan fingerprint density at radius 2 is 1.90 bits per heavy atom. The SMILES string of the molecule is CN(C(=O)COc1ccccc1C=O)C1CCCCCC1. The van der Waals surface area contributed by atoms with Gasteiger partial charge in [-0.25, -0.2) is 0 Å². The molecule has 2 rings (SSSR count). The first-order valence-corrected chi connectivity index (χ1v) is 7.65. The van der Waals surface area contributed by atoms with Crippen molar-refractivity contribution in [1.29, 1.82) is 0 Å². The molecule has 1 aromatic rings. The zero-order chi connectivity index (χ0) is 15.1. The minimum absolute atomic E-state index is 0.0160. The number of para-hydroxylation sites is 1. The quantitative estimate of drug-likeness (QED) is 0.618. The maximum absolute atomic E-state index is 12.2. The highest BCUT2D eigenvalue weighted by molar-refractivity contribution is 5.80. The van der Waals surface area contributed by atoms with Crippen LogP contribution < -0.4 is 4.74 Å². The lowest BCUT2D eigenvalue weighted by atomic mass is 10.1. The maximum Gasteiger partial charge on any atom is 0.260 e. The zero-order valence-electron chi connectivity index (χ0n) is 12.6. The van der Waals surface area contributed by atoms with Gasteiger partial charge in [0.25, 0.3) is 5.91 Å². The lowest BCUT2D eigenvalue weighted by Crippen LogP contribution is -2.39. The first-order chi connectivity index (χ1) is 10.2. The molecule has 0 atom stereocenters. The van der Waals surface area contributed by atoms with Crippen LogP contribution in [0.3, 0.4) is 0 Å². The molecule has 0 spiro atoms. The van der Waals surface area contributed by atoms with Crippen molar-refractivity contribution in [2.75, 3.05) is 13.7 Å². The van der Waals surface area contributed by atoms with Gasteiger partial charge in [0.1, 0.15) is 5.75 Å². The Labute approximate surface area is 126 Å². The molecule has 0 N–H and O–H groups in total. The monoisotopic (exact) mass is 289 g/mol. The summed E-state index contributed by atoms with van der Waals surface area (Å²) in [5, 5.41) is 0. The number of rotatable bonds is 5. The molecule has 114 valence electrons. The Hall–Kier alpha value is -1.84. The standard InChI is InChI=1S/C17H23NO3/c1-18(15-9-4-2-3-5-10-15)17(20)13-21-16-11-7-6-8-14(16)12-19/h6-8,11-12,15H,2-5,9-10,13H2,1H3. The molecule has 0 unspecified atom stereocenters. The third-order valence-corrected chi connectivity index (χ3v) is 4.16. The molecule has 1 aromatic carbocycles. The average molecular weight is 289 g/mol. The summed E-state index contributed by atoms with van der Waals surface area (Å²) in [6.07, 6.45) is 7.81. The van der Waals surface area contributed by atoms with Crippen molar-refractivity contribution in [3.05, 3.63) is 29.8 Å². The highest BCUT2D eigenvalue weighted by Crippen LogP contribution is 2.21. The van der Waals surface area contributed by atoms with Crippen molar-refractivity contribution in [3.8, 4) is 5.75 Å². The molecule has 1 aliphatic carbocycles. The van der Waals surface area contributed by atoms with Crippen LogP contribution in [0.4, 0.5) is 0 Å². The number of benzene rings is 1. The topological polar surface area (TPSA) is 46.6 Å². The van der Waals surface area contributed by atoms with Gasteiger partial charge >= 0.3 is 0 Å². The van der Waals surface area contributed by atoms with E-state index < -0.39 is 0 Å². The smallest absolute Gasteiger partial charge is 0.260 e. The molecule has 0 bridgehead atoms. The second-order valence-electron chi connectivity index (χ2n) is 5.59. The molecular weight excluding hydrogens is 266 g/mol. The molecule has 0 saturated heterocycles. The van der Waals surface area contributed by atoms with Crippen molar-refractivity contribution in [2.24, 2.45) is 0 Å². The van der Waals surface area contributed by atoms with Gasteiger partial charge in [-0.3, -0.25) is 9.59 Å². The molecule has 0 heterocycles. The van der Waals surface area contributed by atoms with Crippen molar-refractivity contribution in [3.63, 3.8) is 0 Å². The Morgan fingerprint density at radius 1 is 1.24 bits per heavy atom. The molecule has 1 aliphatic rings. The molecule has 21 heavy (non-hydrogen) atoms. The number of ether oxygens (including phenoxy) is 1. The van der Waals surface area contributed by atoms with Crippen molar-refractivity contribution < 1.29 is 14.3 Å². The van der Waals surface area contributed by atoms with Crippen LogP contribution in [0.25, 0.3) is 0 Å². The summed E-state index contributed by atoms with van der Waals surface area (Å²) in [6, 6.07) is 7.28. The first-order valence-electron chi connectivity index (χ1n) is 7.65. The van der Waals surface area contributed by atoms with Gasteiger partial charge in [-0.15, -0.1) is 0 Å². The van der Waals surface area contributed by atoms with Gasteiger partial charge in [-0.1, -0.05) is 37.8 Å². The average Bonchev–Trinajstić information content (AvgIpc) is 2.81. The van der Waals surface area contributed by atoms with Crippen molar-refractivity contribution in [2.45, 2.75) is 44.6 Å². The summed E-state index contributed by atoms with van der Waals surface area (Å²) in [6.45, 7) is -0.0160. The largest absolute Gasteiger partial charge is 0.483 e. The van der Waals surface area contributed by atoms with E-state index >= 15 is 0 Å². The van der Waals surface area contributed by atoms with E-state index in [0.717, 1.165) is 19.1 Å². The molecule has 0 aliphatic heterocycles. The first kappa shape index (κ1) is 15.5. The van der Waals surface area contributed by atoms with Crippen LogP contribution >= 0.6 is 0 Å². The number of hydrogen-bond donors (Lipinski definition) is 0. The second-order valence-corrected chi connectivity index (χ2v) is 5.59. The zero-order valence-corrected chi connectivity index (χ0v) is 12.6. The summed E-state index contributed by atoms with van der Waals surface area (Å²) in [4.78, 5) is 25.0. The molecule has 4 heteroatoms. The Morgan fingerprint density at radius 3 is 2.57 bits per heavy atom. The van der Waals surface area contributed by atoms with Crippen LogP contribution in [0.1, 0.15) is 48.9 Å². The van der Waals surface area contributed by atoms with Crippen LogP contribution in [-0.4, -0.2) is 36.8 Å². The molecule has 4 nitrogen and oxygen atoms in total. The number of likely N-dealkylation sites (N-methyl/N-ethyl adjacent to an activating group) is 1. The van der Waals surface area contributed by atoms with E-state index in [0.29, 0.717) is 17.4 Å². The van der Waals surface area contributed by atoms with Gasteiger partial charge in [0.2, 0.25) is 0 Å². The summed E-state index contributed by atoms with van der Waals surface area (Å²) in [7, 11) is 1.85. The minimum Gasteiger partial charge on any atom is -0.483 e. The maximum atomic E-state index is 12.2. The summed E-state index contributed by atoms with van der Waals surface area (Å²) >= 11 is 0. The van der Waals surface area contributed by atoms with Gasteiger partial charge in [0, 0.05) is 13.1 Å². The van der Waals surface area contributed by atoms with Crippen molar-refractivity contribution >= 4 is 12.2 Å². The fourth-order valence-electron chi connectivity index (χ4n) is 2.80. The van der Waals surface area contributed by atoms with E-state index in [9.17, 15) is 9.59 Å². The van der Waals surface area contributed by atoms with Crippen LogP contribution in [0.15, 0.2) is 24.3 Å². The molecule has 1 fully saturated rings. The normalized spacial score (nSPS) is 16.0. The molecule has 1 saturated carbocycles. The number of carbonyl (C=O) groups is 2. The third kappa shape index (κ3) is 4.31. The van der Waals surface area contributed by atoms with Gasteiger partial charge in [0.15, 0.2) is 12.9 Å². The van der Waals surface area contributed by atoms with E-state index in [1.807, 2.05) is 11.9 Å². The van der Waals surface area contributed by atoms with Gasteiger partial charge in [-0.05, 0) is 25.0 Å². The Bertz CT molecular complexity index is 479. The van der Waals surface area contributed by atoms with Crippen LogP contribution in [-0.2, 0) is 4.79 Å². The summed E-state index contributed by atoms with van der Waals surface area (Å²) in [5.41, 5.74) is 0.474. The molecular formula is C17H23NO3. The van der Waals surface area contributed by atoms with Gasteiger partial charge in [-0.2, -0.15) is 0 Å². The van der Waals surface area contributed by atoms with Crippen molar-refractivity contribution in [1.82, 2.24) is 4.90 Å². The molecule has 0 aromatic heterocycles. The highest BCUT2D eigenvalue weighted by atomic mass is 16.5.